The first kappa shape index (κ1) is 21.4. The van der Waals surface area contributed by atoms with Crippen LogP contribution >= 0.6 is 0 Å². The summed E-state index contributed by atoms with van der Waals surface area (Å²) in [6, 6.07) is 9.49. The van der Waals surface area contributed by atoms with Gasteiger partial charge in [-0.1, -0.05) is 6.07 Å². The van der Waals surface area contributed by atoms with Crippen molar-refractivity contribution in [3.05, 3.63) is 64.2 Å². The van der Waals surface area contributed by atoms with Crippen molar-refractivity contribution in [2.24, 2.45) is 0 Å². The molecule has 0 saturated carbocycles. The van der Waals surface area contributed by atoms with Gasteiger partial charge in [0.15, 0.2) is 11.5 Å². The third-order valence-corrected chi connectivity index (χ3v) is 5.15. The summed E-state index contributed by atoms with van der Waals surface area (Å²) in [6.45, 7) is -0.712. The molecule has 0 radical (unpaired) electrons. The third kappa shape index (κ3) is 4.65. The minimum atomic E-state index is -3.73. The molecule has 2 aromatic heterocycles. The lowest BCUT2D eigenvalue weighted by molar-refractivity contribution is 0.354. The number of hydrogen-bond donors (Lipinski definition) is 0. The van der Waals surface area contributed by atoms with Gasteiger partial charge in [0.25, 0.3) is 5.56 Å². The maximum Gasteiger partial charge on any atom is 0.250 e. The van der Waals surface area contributed by atoms with E-state index in [1.807, 2.05) is 0 Å². The molecule has 0 aliphatic carbocycles. The number of nitrogens with zero attached hydrogens (tertiary/aromatic N) is 3. The van der Waals surface area contributed by atoms with Crippen LogP contribution in [0.4, 0.5) is 4.39 Å². The summed E-state index contributed by atoms with van der Waals surface area (Å²) in [5.41, 5.74) is 1.13. The highest BCUT2D eigenvalue weighted by Gasteiger charge is 2.16. The van der Waals surface area contributed by atoms with Crippen LogP contribution in [0.5, 0.6) is 11.5 Å². The molecule has 0 saturated heterocycles. The van der Waals surface area contributed by atoms with Crippen molar-refractivity contribution in [2.45, 2.75) is 18.4 Å². The Labute approximate surface area is 172 Å². The van der Waals surface area contributed by atoms with Crippen molar-refractivity contribution >= 4 is 9.84 Å². The molecule has 1 aromatic carbocycles. The fraction of sp³-hybridized carbons (Fsp3) is 0.250. The van der Waals surface area contributed by atoms with E-state index in [1.165, 1.54) is 43.2 Å². The molecule has 0 aliphatic heterocycles. The summed E-state index contributed by atoms with van der Waals surface area (Å²) in [5.74, 6) is 1.09. The second-order valence-corrected chi connectivity index (χ2v) is 8.42. The average molecular weight is 433 g/mol. The number of halogens is 1. The first-order chi connectivity index (χ1) is 14.2. The standard InChI is InChI=1S/C20H20FN3O5S/c1-28-17-6-4-13(8-18(17)29-2)11-24-12-14(5-7-19(24)25)16-9-15(10-21)22-20(23-16)30(3,26)27/h4-9,12H,10-11H2,1-3H3. The average Bonchev–Trinajstić information content (AvgIpc) is 2.74. The van der Waals surface area contributed by atoms with Crippen molar-refractivity contribution in [3.8, 4) is 22.8 Å². The number of aromatic nitrogens is 3. The van der Waals surface area contributed by atoms with E-state index in [0.29, 0.717) is 17.1 Å². The van der Waals surface area contributed by atoms with Crippen LogP contribution < -0.4 is 15.0 Å². The van der Waals surface area contributed by atoms with E-state index in [-0.39, 0.29) is 23.5 Å². The summed E-state index contributed by atoms with van der Waals surface area (Å²) < 4.78 is 48.8. The van der Waals surface area contributed by atoms with Gasteiger partial charge in [-0.25, -0.2) is 22.8 Å². The SMILES string of the molecule is COc1ccc(Cn2cc(-c3cc(CF)nc(S(C)(=O)=O)n3)ccc2=O)cc1OC. The highest BCUT2D eigenvalue weighted by molar-refractivity contribution is 7.90. The number of methoxy groups -OCH3 is 2. The van der Waals surface area contributed by atoms with E-state index in [2.05, 4.69) is 9.97 Å². The molecule has 2 heterocycles. The van der Waals surface area contributed by atoms with E-state index < -0.39 is 21.7 Å². The summed E-state index contributed by atoms with van der Waals surface area (Å²) in [4.78, 5) is 20.1. The molecule has 158 valence electrons. The summed E-state index contributed by atoms with van der Waals surface area (Å²) in [7, 11) is -0.680. The van der Waals surface area contributed by atoms with Crippen molar-refractivity contribution in [3.63, 3.8) is 0 Å². The monoisotopic (exact) mass is 433 g/mol. The Morgan fingerprint density at radius 1 is 1.03 bits per heavy atom. The summed E-state index contributed by atoms with van der Waals surface area (Å²) in [6.07, 6.45) is 2.49. The van der Waals surface area contributed by atoms with Crippen molar-refractivity contribution in [2.75, 3.05) is 20.5 Å². The molecule has 0 bridgehead atoms. The van der Waals surface area contributed by atoms with Gasteiger partial charge < -0.3 is 14.0 Å². The Hall–Kier alpha value is -3.27. The molecule has 30 heavy (non-hydrogen) atoms. The van der Waals surface area contributed by atoms with E-state index in [4.69, 9.17) is 9.47 Å². The fourth-order valence-corrected chi connectivity index (χ4v) is 3.38. The number of rotatable bonds is 7. The van der Waals surface area contributed by atoms with E-state index >= 15 is 0 Å². The van der Waals surface area contributed by atoms with Crippen molar-refractivity contribution in [1.29, 1.82) is 0 Å². The van der Waals surface area contributed by atoms with Crippen LogP contribution in [0, 0.1) is 0 Å². The molecular weight excluding hydrogens is 413 g/mol. The van der Waals surface area contributed by atoms with Gasteiger partial charge in [0.2, 0.25) is 15.0 Å². The Morgan fingerprint density at radius 2 is 1.77 bits per heavy atom. The number of ether oxygens (including phenoxy) is 2. The topological polar surface area (TPSA) is 100 Å². The normalized spacial score (nSPS) is 11.3. The lowest BCUT2D eigenvalue weighted by Crippen LogP contribution is -2.19. The zero-order valence-corrected chi connectivity index (χ0v) is 17.4. The van der Waals surface area contributed by atoms with Gasteiger partial charge in [0.1, 0.15) is 6.67 Å². The van der Waals surface area contributed by atoms with Crippen LogP contribution in [0.25, 0.3) is 11.3 Å². The van der Waals surface area contributed by atoms with Gasteiger partial charge in [0.05, 0.1) is 32.2 Å². The predicted octanol–water partition coefficient (Wildman–Crippen LogP) is 2.24. The van der Waals surface area contributed by atoms with E-state index in [1.54, 1.807) is 18.2 Å². The van der Waals surface area contributed by atoms with Gasteiger partial charge in [0, 0.05) is 24.1 Å². The predicted molar refractivity (Wildman–Crippen MR) is 108 cm³/mol. The van der Waals surface area contributed by atoms with Gasteiger partial charge >= 0.3 is 0 Å². The lowest BCUT2D eigenvalue weighted by Gasteiger charge is -2.12. The van der Waals surface area contributed by atoms with Gasteiger partial charge in [-0.3, -0.25) is 4.79 Å². The maximum atomic E-state index is 13.2. The Kier molecular flexibility index (Phi) is 6.16. The van der Waals surface area contributed by atoms with Crippen LogP contribution in [0.2, 0.25) is 0 Å². The van der Waals surface area contributed by atoms with Gasteiger partial charge in [-0.05, 0) is 29.8 Å². The lowest BCUT2D eigenvalue weighted by atomic mass is 10.1. The number of sulfone groups is 1. The molecule has 0 amide bonds. The number of benzene rings is 1. The minimum absolute atomic E-state index is 0.0573. The fourth-order valence-electron chi connectivity index (χ4n) is 2.84. The van der Waals surface area contributed by atoms with Crippen LogP contribution in [-0.2, 0) is 23.1 Å². The molecule has 0 fully saturated rings. The minimum Gasteiger partial charge on any atom is -0.493 e. The highest BCUT2D eigenvalue weighted by Crippen LogP contribution is 2.28. The van der Waals surface area contributed by atoms with Crippen LogP contribution in [0.1, 0.15) is 11.3 Å². The van der Waals surface area contributed by atoms with E-state index in [9.17, 15) is 17.6 Å². The molecular formula is C20H20FN3O5S. The zero-order chi connectivity index (χ0) is 21.9. The molecule has 0 atom stereocenters. The number of hydrogen-bond acceptors (Lipinski definition) is 7. The zero-order valence-electron chi connectivity index (χ0n) is 16.6. The van der Waals surface area contributed by atoms with E-state index in [0.717, 1.165) is 11.8 Å². The third-order valence-electron chi connectivity index (χ3n) is 4.31. The molecule has 0 aliphatic rings. The highest BCUT2D eigenvalue weighted by atomic mass is 32.2. The Bertz CT molecular complexity index is 1240. The Morgan fingerprint density at radius 3 is 2.40 bits per heavy atom. The molecule has 0 N–H and O–H groups in total. The second kappa shape index (κ2) is 8.62. The largest absolute Gasteiger partial charge is 0.493 e. The molecule has 10 heteroatoms. The maximum absolute atomic E-state index is 13.2. The molecule has 0 spiro atoms. The molecule has 3 aromatic rings. The molecule has 8 nitrogen and oxygen atoms in total. The summed E-state index contributed by atoms with van der Waals surface area (Å²) >= 11 is 0. The summed E-state index contributed by atoms with van der Waals surface area (Å²) in [5, 5.41) is -0.467. The number of pyridine rings is 1. The number of alkyl halides is 1. The van der Waals surface area contributed by atoms with Gasteiger partial charge in [-0.2, -0.15) is 0 Å². The second-order valence-electron chi connectivity index (χ2n) is 6.51. The smallest absolute Gasteiger partial charge is 0.250 e. The first-order valence-corrected chi connectivity index (χ1v) is 10.7. The first-order valence-electron chi connectivity index (χ1n) is 8.81. The molecule has 0 unspecified atom stereocenters. The van der Waals surface area contributed by atoms with Crippen LogP contribution in [0.15, 0.2) is 52.5 Å². The molecule has 3 rings (SSSR count). The van der Waals surface area contributed by atoms with Crippen molar-refractivity contribution < 1.29 is 22.3 Å². The van der Waals surface area contributed by atoms with Crippen LogP contribution in [0.3, 0.4) is 0 Å². The Balaban J connectivity index is 2.03. The van der Waals surface area contributed by atoms with Gasteiger partial charge in [-0.15, -0.1) is 0 Å². The quantitative estimate of drug-likeness (QED) is 0.527. The van der Waals surface area contributed by atoms with Crippen molar-refractivity contribution in [1.82, 2.24) is 14.5 Å². The van der Waals surface area contributed by atoms with Crippen LogP contribution in [-0.4, -0.2) is 43.4 Å².